The summed E-state index contributed by atoms with van der Waals surface area (Å²) in [4.78, 5) is 14.5. The monoisotopic (exact) mass is 201 g/mol. The SMILES string of the molecule is CCOC(=O)c1c(F)cnc(C)c1F. The van der Waals surface area contributed by atoms with Gasteiger partial charge >= 0.3 is 5.97 Å². The predicted molar refractivity (Wildman–Crippen MR) is 44.8 cm³/mol. The smallest absolute Gasteiger partial charge is 0.344 e. The molecule has 0 unspecified atom stereocenters. The fourth-order valence-corrected chi connectivity index (χ4v) is 0.951. The fraction of sp³-hybridized carbons (Fsp3) is 0.333. The summed E-state index contributed by atoms with van der Waals surface area (Å²) >= 11 is 0. The molecule has 0 saturated carbocycles. The zero-order chi connectivity index (χ0) is 10.7. The number of nitrogens with zero attached hydrogens (tertiary/aromatic N) is 1. The van der Waals surface area contributed by atoms with Gasteiger partial charge in [-0.15, -0.1) is 0 Å². The van der Waals surface area contributed by atoms with E-state index in [2.05, 4.69) is 9.72 Å². The van der Waals surface area contributed by atoms with E-state index in [1.165, 1.54) is 6.92 Å². The maximum atomic E-state index is 13.2. The molecule has 14 heavy (non-hydrogen) atoms. The third-order valence-electron chi connectivity index (χ3n) is 1.63. The quantitative estimate of drug-likeness (QED) is 0.685. The normalized spacial score (nSPS) is 10.0. The molecular weight excluding hydrogens is 192 g/mol. The van der Waals surface area contributed by atoms with Crippen LogP contribution in [0, 0.1) is 18.6 Å². The van der Waals surface area contributed by atoms with Crippen molar-refractivity contribution in [3.05, 3.63) is 29.1 Å². The average molecular weight is 201 g/mol. The van der Waals surface area contributed by atoms with Crippen LogP contribution in [-0.2, 0) is 4.74 Å². The van der Waals surface area contributed by atoms with Gasteiger partial charge < -0.3 is 4.74 Å². The Morgan fingerprint density at radius 2 is 2.21 bits per heavy atom. The Bertz CT molecular complexity index is 366. The van der Waals surface area contributed by atoms with Gasteiger partial charge in [0.1, 0.15) is 5.56 Å². The van der Waals surface area contributed by atoms with Gasteiger partial charge in [0.15, 0.2) is 11.6 Å². The molecular formula is C9H9F2NO2. The standard InChI is InChI=1S/C9H9F2NO2/c1-3-14-9(13)7-6(10)4-12-5(2)8(7)11/h4H,3H2,1-2H3. The largest absolute Gasteiger partial charge is 0.462 e. The molecule has 0 aliphatic carbocycles. The maximum Gasteiger partial charge on any atom is 0.344 e. The van der Waals surface area contributed by atoms with Crippen LogP contribution in [0.5, 0.6) is 0 Å². The lowest BCUT2D eigenvalue weighted by atomic mass is 10.2. The summed E-state index contributed by atoms with van der Waals surface area (Å²) in [5.74, 6) is -2.98. The fourth-order valence-electron chi connectivity index (χ4n) is 0.951. The molecule has 0 spiro atoms. The number of aryl methyl sites for hydroxylation is 1. The lowest BCUT2D eigenvalue weighted by molar-refractivity contribution is 0.0514. The minimum absolute atomic E-state index is 0.0329. The van der Waals surface area contributed by atoms with E-state index in [1.54, 1.807) is 6.92 Å². The number of hydrogen-bond acceptors (Lipinski definition) is 3. The van der Waals surface area contributed by atoms with Crippen LogP contribution in [-0.4, -0.2) is 17.6 Å². The molecule has 1 rings (SSSR count). The number of hydrogen-bond donors (Lipinski definition) is 0. The van der Waals surface area contributed by atoms with Gasteiger partial charge in [-0.25, -0.2) is 13.6 Å². The van der Waals surface area contributed by atoms with Gasteiger partial charge in [0, 0.05) is 0 Å². The van der Waals surface area contributed by atoms with E-state index in [9.17, 15) is 13.6 Å². The van der Waals surface area contributed by atoms with Crippen molar-refractivity contribution >= 4 is 5.97 Å². The summed E-state index contributed by atoms with van der Waals surface area (Å²) in [7, 11) is 0. The highest BCUT2D eigenvalue weighted by Gasteiger charge is 2.20. The summed E-state index contributed by atoms with van der Waals surface area (Å²) < 4.78 is 30.7. The average Bonchev–Trinajstić information content (AvgIpc) is 2.13. The van der Waals surface area contributed by atoms with Crippen molar-refractivity contribution < 1.29 is 18.3 Å². The number of halogens is 2. The third kappa shape index (κ3) is 1.86. The first-order chi connectivity index (χ1) is 6.57. The van der Waals surface area contributed by atoms with Crippen molar-refractivity contribution in [2.24, 2.45) is 0 Å². The Labute approximate surface area is 79.7 Å². The number of esters is 1. The molecule has 1 aromatic rings. The van der Waals surface area contributed by atoms with Gasteiger partial charge in [-0.2, -0.15) is 0 Å². The van der Waals surface area contributed by atoms with Gasteiger partial charge in [0.2, 0.25) is 0 Å². The van der Waals surface area contributed by atoms with Gasteiger partial charge in [-0.3, -0.25) is 4.98 Å². The number of aromatic nitrogens is 1. The molecule has 0 amide bonds. The first-order valence-electron chi connectivity index (χ1n) is 4.05. The van der Waals surface area contributed by atoms with Crippen molar-refractivity contribution in [3.63, 3.8) is 0 Å². The lowest BCUT2D eigenvalue weighted by Crippen LogP contribution is -2.11. The lowest BCUT2D eigenvalue weighted by Gasteiger charge is -2.05. The second-order valence-corrected chi connectivity index (χ2v) is 2.60. The molecule has 0 atom stereocenters. The van der Waals surface area contributed by atoms with Crippen LogP contribution < -0.4 is 0 Å². The zero-order valence-electron chi connectivity index (χ0n) is 7.80. The second kappa shape index (κ2) is 4.13. The molecule has 0 radical (unpaired) electrons. The number of rotatable bonds is 2. The number of pyridine rings is 1. The van der Waals surface area contributed by atoms with E-state index in [4.69, 9.17) is 0 Å². The summed E-state index contributed by atoms with van der Waals surface area (Å²) in [5, 5.41) is 0. The molecule has 0 fully saturated rings. The minimum atomic E-state index is -1.01. The van der Waals surface area contributed by atoms with Gasteiger partial charge in [-0.1, -0.05) is 0 Å². The van der Waals surface area contributed by atoms with Crippen molar-refractivity contribution in [1.82, 2.24) is 4.98 Å². The number of carbonyl (C=O) groups excluding carboxylic acids is 1. The highest BCUT2D eigenvalue weighted by atomic mass is 19.1. The summed E-state index contributed by atoms with van der Waals surface area (Å²) in [6.07, 6.45) is 0.796. The molecule has 5 heteroatoms. The highest BCUT2D eigenvalue weighted by molar-refractivity contribution is 5.90. The third-order valence-corrected chi connectivity index (χ3v) is 1.63. The Morgan fingerprint density at radius 1 is 1.57 bits per heavy atom. The molecule has 3 nitrogen and oxygen atoms in total. The highest BCUT2D eigenvalue weighted by Crippen LogP contribution is 2.14. The van der Waals surface area contributed by atoms with E-state index in [-0.39, 0.29) is 12.3 Å². The van der Waals surface area contributed by atoms with Gasteiger partial charge in [0.05, 0.1) is 18.5 Å². The number of ether oxygens (including phenoxy) is 1. The van der Waals surface area contributed by atoms with Gasteiger partial charge in [0.25, 0.3) is 0 Å². The number of carbonyl (C=O) groups is 1. The molecule has 0 saturated heterocycles. The van der Waals surface area contributed by atoms with Gasteiger partial charge in [-0.05, 0) is 13.8 Å². The molecule has 0 aromatic carbocycles. The van der Waals surface area contributed by atoms with Crippen LogP contribution in [0.2, 0.25) is 0 Å². The Morgan fingerprint density at radius 3 is 2.79 bits per heavy atom. The Kier molecular flexibility index (Phi) is 3.11. The second-order valence-electron chi connectivity index (χ2n) is 2.60. The maximum absolute atomic E-state index is 13.2. The first-order valence-corrected chi connectivity index (χ1v) is 4.05. The van der Waals surface area contributed by atoms with Crippen molar-refractivity contribution in [2.45, 2.75) is 13.8 Å². The molecule has 1 heterocycles. The molecule has 0 bridgehead atoms. The van der Waals surface area contributed by atoms with Crippen molar-refractivity contribution in [3.8, 4) is 0 Å². The van der Waals surface area contributed by atoms with Crippen LogP contribution >= 0.6 is 0 Å². The zero-order valence-corrected chi connectivity index (χ0v) is 7.80. The van der Waals surface area contributed by atoms with Crippen LogP contribution in [0.15, 0.2) is 6.20 Å². The summed E-state index contributed by atoms with van der Waals surface area (Å²) in [6.45, 7) is 2.97. The van der Waals surface area contributed by atoms with Crippen molar-refractivity contribution in [1.29, 1.82) is 0 Å². The summed E-state index contributed by atoms with van der Waals surface area (Å²) in [6, 6.07) is 0. The molecule has 0 aliphatic heterocycles. The van der Waals surface area contributed by atoms with Crippen LogP contribution in [0.3, 0.4) is 0 Å². The van der Waals surface area contributed by atoms with Crippen LogP contribution in [0.4, 0.5) is 8.78 Å². The summed E-state index contributed by atoms with van der Waals surface area (Å²) in [5.41, 5.74) is -0.714. The van der Waals surface area contributed by atoms with Crippen molar-refractivity contribution in [2.75, 3.05) is 6.61 Å². The van der Waals surface area contributed by atoms with Crippen LogP contribution in [0.25, 0.3) is 0 Å². The Balaban J connectivity index is 3.18. The van der Waals surface area contributed by atoms with E-state index < -0.39 is 23.2 Å². The topological polar surface area (TPSA) is 39.2 Å². The van der Waals surface area contributed by atoms with Crippen LogP contribution in [0.1, 0.15) is 23.0 Å². The molecule has 0 aliphatic rings. The van der Waals surface area contributed by atoms with E-state index in [0.717, 1.165) is 6.20 Å². The van der Waals surface area contributed by atoms with E-state index >= 15 is 0 Å². The predicted octanol–water partition coefficient (Wildman–Crippen LogP) is 1.84. The minimum Gasteiger partial charge on any atom is -0.462 e. The molecule has 1 aromatic heterocycles. The van der Waals surface area contributed by atoms with E-state index in [0.29, 0.717) is 0 Å². The van der Waals surface area contributed by atoms with E-state index in [1.807, 2.05) is 0 Å². The molecule has 0 N–H and O–H groups in total. The first kappa shape index (κ1) is 10.6. The Hall–Kier alpha value is -1.52. The molecule has 76 valence electrons.